The third-order valence-electron chi connectivity index (χ3n) is 5.12. The Labute approximate surface area is 128 Å². The van der Waals surface area contributed by atoms with Gasteiger partial charge in [0, 0.05) is 19.1 Å². The molecule has 0 bridgehead atoms. The molecule has 1 heterocycles. The number of benzene rings is 1. The minimum Gasteiger partial charge on any atom is -0.489 e. The first-order chi connectivity index (χ1) is 10.1. The molecule has 0 saturated heterocycles. The average molecular weight is 288 g/mol. The molecular formula is C18H28N2O. The summed E-state index contributed by atoms with van der Waals surface area (Å²) >= 11 is 0. The number of nitrogens with one attached hydrogen (secondary N) is 1. The molecule has 3 rings (SSSR count). The maximum Gasteiger partial charge on any atom is 0.144 e. The first kappa shape index (κ1) is 14.6. The Morgan fingerprint density at radius 3 is 2.62 bits per heavy atom. The van der Waals surface area contributed by atoms with E-state index in [2.05, 4.69) is 49.3 Å². The fourth-order valence-electron chi connectivity index (χ4n) is 3.97. The summed E-state index contributed by atoms with van der Waals surface area (Å²) in [4.78, 5) is 2.54. The SMILES string of the molecule is CC(C)Oc1cccc2c1NCCC1(CCCCC1)N2C. The van der Waals surface area contributed by atoms with E-state index >= 15 is 0 Å². The summed E-state index contributed by atoms with van der Waals surface area (Å²) in [7, 11) is 2.27. The van der Waals surface area contributed by atoms with Gasteiger partial charge in [-0.3, -0.25) is 0 Å². The summed E-state index contributed by atoms with van der Waals surface area (Å²) < 4.78 is 6.00. The van der Waals surface area contributed by atoms with E-state index in [1.807, 2.05) is 0 Å². The van der Waals surface area contributed by atoms with Gasteiger partial charge in [0.05, 0.1) is 11.8 Å². The molecule has 116 valence electrons. The van der Waals surface area contributed by atoms with Crippen LogP contribution in [0, 0.1) is 0 Å². The molecule has 1 aliphatic carbocycles. The number of ether oxygens (including phenoxy) is 1. The van der Waals surface area contributed by atoms with Crippen molar-refractivity contribution in [1.82, 2.24) is 0 Å². The first-order valence-electron chi connectivity index (χ1n) is 8.40. The van der Waals surface area contributed by atoms with Crippen molar-refractivity contribution in [2.45, 2.75) is 64.0 Å². The Hall–Kier alpha value is -1.38. The van der Waals surface area contributed by atoms with Crippen LogP contribution in [-0.2, 0) is 0 Å². The Kier molecular flexibility index (Phi) is 4.01. The summed E-state index contributed by atoms with van der Waals surface area (Å²) in [6.07, 6.45) is 8.19. The molecule has 0 amide bonds. The van der Waals surface area contributed by atoms with Gasteiger partial charge < -0.3 is 15.0 Å². The van der Waals surface area contributed by atoms with E-state index in [-0.39, 0.29) is 6.10 Å². The van der Waals surface area contributed by atoms with Crippen molar-refractivity contribution in [2.24, 2.45) is 0 Å². The molecule has 3 nitrogen and oxygen atoms in total. The van der Waals surface area contributed by atoms with Crippen LogP contribution < -0.4 is 15.0 Å². The van der Waals surface area contributed by atoms with E-state index in [0.29, 0.717) is 5.54 Å². The van der Waals surface area contributed by atoms with Gasteiger partial charge >= 0.3 is 0 Å². The van der Waals surface area contributed by atoms with Gasteiger partial charge in [-0.15, -0.1) is 0 Å². The van der Waals surface area contributed by atoms with Crippen LogP contribution in [0.2, 0.25) is 0 Å². The highest BCUT2D eigenvalue weighted by Gasteiger charge is 2.38. The maximum absolute atomic E-state index is 6.00. The highest BCUT2D eigenvalue weighted by atomic mass is 16.5. The summed E-state index contributed by atoms with van der Waals surface area (Å²) in [5, 5.41) is 3.63. The van der Waals surface area contributed by atoms with Gasteiger partial charge in [-0.1, -0.05) is 25.3 Å². The zero-order chi connectivity index (χ0) is 14.9. The smallest absolute Gasteiger partial charge is 0.144 e. The molecular weight excluding hydrogens is 260 g/mol. The number of nitrogens with zero attached hydrogens (tertiary/aromatic N) is 1. The van der Waals surface area contributed by atoms with Crippen LogP contribution in [0.3, 0.4) is 0 Å². The van der Waals surface area contributed by atoms with Crippen LogP contribution in [0.5, 0.6) is 5.75 Å². The number of para-hydroxylation sites is 1. The molecule has 0 aromatic heterocycles. The van der Waals surface area contributed by atoms with E-state index in [9.17, 15) is 0 Å². The van der Waals surface area contributed by atoms with E-state index in [0.717, 1.165) is 12.3 Å². The summed E-state index contributed by atoms with van der Waals surface area (Å²) in [5.74, 6) is 0.988. The normalized spacial score (nSPS) is 20.9. The minimum absolute atomic E-state index is 0.204. The maximum atomic E-state index is 6.00. The fourth-order valence-corrected chi connectivity index (χ4v) is 3.97. The van der Waals surface area contributed by atoms with Gasteiger partial charge in [0.2, 0.25) is 0 Å². The fraction of sp³-hybridized carbons (Fsp3) is 0.667. The molecule has 1 spiro atoms. The number of hydrogen-bond acceptors (Lipinski definition) is 3. The van der Waals surface area contributed by atoms with E-state index in [4.69, 9.17) is 4.74 Å². The van der Waals surface area contributed by atoms with Crippen LogP contribution in [0.25, 0.3) is 0 Å². The van der Waals surface area contributed by atoms with Crippen molar-refractivity contribution >= 4 is 11.4 Å². The van der Waals surface area contributed by atoms with E-state index in [1.54, 1.807) is 0 Å². The largest absolute Gasteiger partial charge is 0.489 e. The van der Waals surface area contributed by atoms with Gasteiger partial charge in [-0.2, -0.15) is 0 Å². The van der Waals surface area contributed by atoms with Gasteiger partial charge in [-0.05, 0) is 45.2 Å². The predicted molar refractivity (Wildman–Crippen MR) is 89.5 cm³/mol. The molecule has 1 aromatic rings. The van der Waals surface area contributed by atoms with Crippen LogP contribution in [0.15, 0.2) is 18.2 Å². The van der Waals surface area contributed by atoms with Gasteiger partial charge in [-0.25, -0.2) is 0 Å². The molecule has 0 atom stereocenters. The number of anilines is 2. The van der Waals surface area contributed by atoms with Crippen LogP contribution >= 0.6 is 0 Å². The number of rotatable bonds is 2. The first-order valence-corrected chi connectivity index (χ1v) is 8.40. The molecule has 1 aromatic carbocycles. The van der Waals surface area contributed by atoms with E-state index in [1.165, 1.54) is 49.9 Å². The molecule has 2 aliphatic rings. The number of hydrogen-bond donors (Lipinski definition) is 1. The van der Waals surface area contributed by atoms with E-state index < -0.39 is 0 Å². The molecule has 1 N–H and O–H groups in total. The van der Waals surface area contributed by atoms with Crippen molar-refractivity contribution in [3.63, 3.8) is 0 Å². The van der Waals surface area contributed by atoms with Crippen LogP contribution in [0.4, 0.5) is 11.4 Å². The minimum atomic E-state index is 0.204. The molecule has 21 heavy (non-hydrogen) atoms. The van der Waals surface area contributed by atoms with Gasteiger partial charge in [0.25, 0.3) is 0 Å². The summed E-state index contributed by atoms with van der Waals surface area (Å²) in [6.45, 7) is 5.21. The lowest BCUT2D eigenvalue weighted by atomic mass is 9.78. The molecule has 1 fully saturated rings. The molecule has 1 saturated carbocycles. The lowest BCUT2D eigenvalue weighted by Gasteiger charge is -2.45. The van der Waals surface area contributed by atoms with Crippen molar-refractivity contribution in [3.8, 4) is 5.75 Å². The van der Waals surface area contributed by atoms with Crippen molar-refractivity contribution in [2.75, 3.05) is 23.8 Å². The molecule has 0 unspecified atom stereocenters. The second-order valence-electron chi connectivity index (χ2n) is 6.84. The predicted octanol–water partition coefficient (Wildman–Crippen LogP) is 4.43. The van der Waals surface area contributed by atoms with Crippen molar-refractivity contribution in [1.29, 1.82) is 0 Å². The zero-order valence-corrected chi connectivity index (χ0v) is 13.6. The summed E-state index contributed by atoms with van der Waals surface area (Å²) in [5.41, 5.74) is 2.82. The second-order valence-corrected chi connectivity index (χ2v) is 6.84. The zero-order valence-electron chi connectivity index (χ0n) is 13.6. The highest BCUT2D eigenvalue weighted by molar-refractivity contribution is 5.78. The highest BCUT2D eigenvalue weighted by Crippen LogP contribution is 2.45. The number of fused-ring (bicyclic) bond motifs is 1. The standard InChI is InChI=1S/C18H28N2O/c1-14(2)21-16-9-7-8-15-17(16)19-13-12-18(20(15)3)10-5-4-6-11-18/h7-9,14,19H,4-6,10-13H2,1-3H3. The van der Waals surface area contributed by atoms with Crippen LogP contribution in [-0.4, -0.2) is 25.2 Å². The monoisotopic (exact) mass is 288 g/mol. The Balaban J connectivity index is 1.97. The molecule has 1 aliphatic heterocycles. The Bertz CT molecular complexity index is 492. The lowest BCUT2D eigenvalue weighted by Crippen LogP contribution is -2.48. The third kappa shape index (κ3) is 2.70. The van der Waals surface area contributed by atoms with Crippen LogP contribution in [0.1, 0.15) is 52.4 Å². The molecule has 0 radical (unpaired) electrons. The third-order valence-corrected chi connectivity index (χ3v) is 5.12. The van der Waals surface area contributed by atoms with Gasteiger partial charge in [0.15, 0.2) is 0 Å². The topological polar surface area (TPSA) is 24.5 Å². The average Bonchev–Trinajstić information content (AvgIpc) is 2.60. The molecule has 3 heteroatoms. The quantitative estimate of drug-likeness (QED) is 0.871. The van der Waals surface area contributed by atoms with Crippen molar-refractivity contribution in [3.05, 3.63) is 18.2 Å². The lowest BCUT2D eigenvalue weighted by molar-refractivity contribution is 0.243. The van der Waals surface area contributed by atoms with Gasteiger partial charge in [0.1, 0.15) is 11.4 Å². The Morgan fingerprint density at radius 2 is 1.90 bits per heavy atom. The summed E-state index contributed by atoms with van der Waals surface area (Å²) in [6, 6.07) is 6.44. The van der Waals surface area contributed by atoms with Crippen molar-refractivity contribution < 1.29 is 4.74 Å². The Morgan fingerprint density at radius 1 is 1.14 bits per heavy atom. The second kappa shape index (κ2) is 5.78.